The zero-order valence-corrected chi connectivity index (χ0v) is 9.03. The Kier molecular flexibility index (Phi) is 2.77. The van der Waals surface area contributed by atoms with Gasteiger partial charge in [0.05, 0.1) is 5.92 Å². The molecule has 2 aliphatic rings. The molecule has 0 radical (unpaired) electrons. The van der Waals surface area contributed by atoms with Crippen LogP contribution in [0.15, 0.2) is 0 Å². The van der Waals surface area contributed by atoms with E-state index in [4.69, 9.17) is 4.74 Å². The highest BCUT2D eigenvalue weighted by Gasteiger charge is 2.34. The minimum absolute atomic E-state index is 0.0448. The first-order valence-electron chi connectivity index (χ1n) is 5.54. The van der Waals surface area contributed by atoms with Crippen LogP contribution in [0, 0.1) is 11.8 Å². The fourth-order valence-corrected chi connectivity index (χ4v) is 2.35. The summed E-state index contributed by atoms with van der Waals surface area (Å²) in [6, 6.07) is 0. The smallest absolute Gasteiger partial charge is 0.309 e. The Balaban J connectivity index is 1.72. The van der Waals surface area contributed by atoms with Gasteiger partial charge in [0.15, 0.2) is 0 Å². The molecule has 3 nitrogen and oxygen atoms in total. The molecule has 0 bridgehead atoms. The molecule has 0 unspecified atom stereocenters. The third-order valence-corrected chi connectivity index (χ3v) is 3.34. The van der Waals surface area contributed by atoms with Gasteiger partial charge in [0, 0.05) is 13.1 Å². The molecule has 1 aliphatic heterocycles. The fraction of sp³-hybridized carbons (Fsp3) is 0.909. The van der Waals surface area contributed by atoms with Crippen molar-refractivity contribution in [2.24, 2.45) is 11.8 Å². The molecule has 3 heteroatoms. The third kappa shape index (κ3) is 2.08. The molecule has 0 spiro atoms. The van der Waals surface area contributed by atoms with Crippen LogP contribution in [0.4, 0.5) is 0 Å². The van der Waals surface area contributed by atoms with Crippen LogP contribution in [0.2, 0.25) is 0 Å². The molecule has 14 heavy (non-hydrogen) atoms. The Morgan fingerprint density at radius 1 is 1.43 bits per heavy atom. The van der Waals surface area contributed by atoms with E-state index in [1.807, 2.05) is 0 Å². The van der Waals surface area contributed by atoms with E-state index in [1.165, 1.54) is 0 Å². The van der Waals surface area contributed by atoms with E-state index >= 15 is 0 Å². The number of nitrogens with zero attached hydrogens (tertiary/aromatic N) is 1. The number of hydrogen-bond donors (Lipinski definition) is 0. The SMILES string of the molecule is CC1CC(C(=O)O[C@@H]2CCN(C)C2)C1. The van der Waals surface area contributed by atoms with Gasteiger partial charge in [0.1, 0.15) is 6.10 Å². The summed E-state index contributed by atoms with van der Waals surface area (Å²) in [6.45, 7) is 4.15. The number of likely N-dealkylation sites (N-methyl/N-ethyl adjacent to an activating group) is 1. The molecule has 0 aromatic heterocycles. The molecular formula is C11H19NO2. The summed E-state index contributed by atoms with van der Waals surface area (Å²) in [5.41, 5.74) is 0. The topological polar surface area (TPSA) is 29.5 Å². The summed E-state index contributed by atoms with van der Waals surface area (Å²) in [5, 5.41) is 0. The van der Waals surface area contributed by atoms with Gasteiger partial charge in [-0.15, -0.1) is 0 Å². The maximum Gasteiger partial charge on any atom is 0.309 e. The number of hydrogen-bond acceptors (Lipinski definition) is 3. The quantitative estimate of drug-likeness (QED) is 0.625. The number of ether oxygens (including phenoxy) is 1. The fourth-order valence-electron chi connectivity index (χ4n) is 2.35. The highest BCUT2D eigenvalue weighted by atomic mass is 16.5. The van der Waals surface area contributed by atoms with Gasteiger partial charge in [-0.1, -0.05) is 6.92 Å². The standard InChI is InChI=1S/C11H19NO2/c1-8-5-9(6-8)11(13)14-10-3-4-12(2)7-10/h8-10H,3-7H2,1-2H3/t8?,9?,10-/m1/s1. The molecule has 1 saturated carbocycles. The molecule has 2 rings (SSSR count). The van der Waals surface area contributed by atoms with Crippen LogP contribution in [0.5, 0.6) is 0 Å². The Hall–Kier alpha value is -0.570. The van der Waals surface area contributed by atoms with Crippen LogP contribution >= 0.6 is 0 Å². The molecule has 80 valence electrons. The predicted octanol–water partition coefficient (Wildman–Crippen LogP) is 1.28. The summed E-state index contributed by atoms with van der Waals surface area (Å²) in [4.78, 5) is 13.8. The van der Waals surface area contributed by atoms with Gasteiger partial charge >= 0.3 is 5.97 Å². The second-order valence-electron chi connectivity index (χ2n) is 4.88. The van der Waals surface area contributed by atoms with Gasteiger partial charge in [0.25, 0.3) is 0 Å². The summed E-state index contributed by atoms with van der Waals surface area (Å²) in [6.07, 6.45) is 3.22. The van der Waals surface area contributed by atoms with Gasteiger partial charge < -0.3 is 9.64 Å². The maximum absolute atomic E-state index is 11.6. The first-order chi connectivity index (χ1) is 6.65. The van der Waals surface area contributed by atoms with Crippen LogP contribution in [0.1, 0.15) is 26.2 Å². The number of likely N-dealkylation sites (tertiary alicyclic amines) is 1. The Morgan fingerprint density at radius 2 is 2.14 bits per heavy atom. The second-order valence-corrected chi connectivity index (χ2v) is 4.88. The summed E-state index contributed by atoms with van der Waals surface area (Å²) in [7, 11) is 2.07. The van der Waals surface area contributed by atoms with E-state index in [9.17, 15) is 4.79 Å². The van der Waals surface area contributed by atoms with Crippen molar-refractivity contribution in [1.29, 1.82) is 0 Å². The lowest BCUT2D eigenvalue weighted by Crippen LogP contribution is -2.33. The number of carbonyl (C=O) groups is 1. The monoisotopic (exact) mass is 197 g/mol. The van der Waals surface area contributed by atoms with Gasteiger partial charge in [-0.05, 0) is 32.2 Å². The number of carbonyl (C=O) groups excluding carboxylic acids is 1. The Bertz CT molecular complexity index is 223. The predicted molar refractivity (Wildman–Crippen MR) is 53.9 cm³/mol. The highest BCUT2D eigenvalue weighted by molar-refractivity contribution is 5.73. The average Bonchev–Trinajstić information content (AvgIpc) is 2.45. The number of esters is 1. The van der Waals surface area contributed by atoms with Crippen molar-refractivity contribution >= 4 is 5.97 Å². The van der Waals surface area contributed by atoms with Gasteiger partial charge in [-0.25, -0.2) is 0 Å². The molecule has 0 N–H and O–H groups in total. The normalized spacial score (nSPS) is 38.0. The lowest BCUT2D eigenvalue weighted by molar-refractivity contribution is -0.158. The van der Waals surface area contributed by atoms with Crippen LogP contribution in [-0.2, 0) is 9.53 Å². The first-order valence-corrected chi connectivity index (χ1v) is 5.54. The van der Waals surface area contributed by atoms with E-state index in [0.29, 0.717) is 0 Å². The van der Waals surface area contributed by atoms with E-state index in [0.717, 1.165) is 38.3 Å². The first kappa shape index (κ1) is 9.97. The van der Waals surface area contributed by atoms with Crippen molar-refractivity contribution in [2.45, 2.75) is 32.3 Å². The third-order valence-electron chi connectivity index (χ3n) is 3.34. The molecule has 2 fully saturated rings. The Morgan fingerprint density at radius 3 is 2.64 bits per heavy atom. The average molecular weight is 197 g/mol. The van der Waals surface area contributed by atoms with Crippen molar-refractivity contribution in [3.05, 3.63) is 0 Å². The van der Waals surface area contributed by atoms with Crippen LogP contribution in [0.3, 0.4) is 0 Å². The largest absolute Gasteiger partial charge is 0.461 e. The molecule has 0 aromatic carbocycles. The molecule has 1 saturated heterocycles. The van der Waals surface area contributed by atoms with Crippen molar-refractivity contribution < 1.29 is 9.53 Å². The molecule has 0 amide bonds. The minimum Gasteiger partial charge on any atom is -0.461 e. The van der Waals surface area contributed by atoms with Crippen molar-refractivity contribution in [2.75, 3.05) is 20.1 Å². The molecule has 1 atom stereocenters. The van der Waals surface area contributed by atoms with Gasteiger partial charge in [-0.2, -0.15) is 0 Å². The zero-order valence-electron chi connectivity index (χ0n) is 9.03. The second kappa shape index (κ2) is 3.89. The minimum atomic E-state index is 0.0448. The van der Waals surface area contributed by atoms with Crippen molar-refractivity contribution in [3.8, 4) is 0 Å². The lowest BCUT2D eigenvalue weighted by atomic mass is 9.76. The molecule has 0 aromatic rings. The van der Waals surface area contributed by atoms with E-state index in [1.54, 1.807) is 0 Å². The van der Waals surface area contributed by atoms with E-state index in [-0.39, 0.29) is 18.0 Å². The van der Waals surface area contributed by atoms with Gasteiger partial charge in [0.2, 0.25) is 0 Å². The maximum atomic E-state index is 11.6. The van der Waals surface area contributed by atoms with Crippen molar-refractivity contribution in [1.82, 2.24) is 4.90 Å². The van der Waals surface area contributed by atoms with E-state index in [2.05, 4.69) is 18.9 Å². The van der Waals surface area contributed by atoms with Crippen LogP contribution in [0.25, 0.3) is 0 Å². The van der Waals surface area contributed by atoms with E-state index < -0.39 is 0 Å². The molecule has 1 heterocycles. The summed E-state index contributed by atoms with van der Waals surface area (Å²) >= 11 is 0. The zero-order chi connectivity index (χ0) is 10.1. The Labute approximate surface area is 85.4 Å². The highest BCUT2D eigenvalue weighted by Crippen LogP contribution is 2.34. The lowest BCUT2D eigenvalue weighted by Gasteiger charge is -2.31. The summed E-state index contributed by atoms with van der Waals surface area (Å²) in [5.74, 6) is 0.970. The van der Waals surface area contributed by atoms with Gasteiger partial charge in [-0.3, -0.25) is 4.79 Å². The summed E-state index contributed by atoms with van der Waals surface area (Å²) < 4.78 is 5.45. The molecular weight excluding hydrogens is 178 g/mol. The van der Waals surface area contributed by atoms with Crippen molar-refractivity contribution in [3.63, 3.8) is 0 Å². The molecule has 1 aliphatic carbocycles. The number of rotatable bonds is 2. The van der Waals surface area contributed by atoms with Crippen LogP contribution < -0.4 is 0 Å². The van der Waals surface area contributed by atoms with Crippen LogP contribution in [-0.4, -0.2) is 37.1 Å².